The van der Waals surface area contributed by atoms with Crippen molar-refractivity contribution in [1.29, 1.82) is 0 Å². The van der Waals surface area contributed by atoms with Crippen molar-refractivity contribution < 1.29 is 44.2 Å². The molecule has 2 aliphatic rings. The Morgan fingerprint density at radius 3 is 1.85 bits per heavy atom. The topological polar surface area (TPSA) is 138 Å². The van der Waals surface area contributed by atoms with Crippen LogP contribution in [0.4, 0.5) is 0 Å². The van der Waals surface area contributed by atoms with Gasteiger partial charge in [-0.3, -0.25) is 0 Å². The van der Waals surface area contributed by atoms with E-state index < -0.39 is 42.9 Å². The highest BCUT2D eigenvalue weighted by molar-refractivity contribution is 5.90. The van der Waals surface area contributed by atoms with Gasteiger partial charge in [-0.1, -0.05) is 104 Å². The summed E-state index contributed by atoms with van der Waals surface area (Å²) in [5.74, 6) is -0.826. The molecule has 0 radical (unpaired) electrons. The largest absolute Gasteiger partial charge is 0.490 e. The number of aliphatic hydroxyl groups is 4. The van der Waals surface area contributed by atoms with Crippen LogP contribution < -0.4 is 0 Å². The second kappa shape index (κ2) is 19.7. The van der Waals surface area contributed by atoms with Crippen molar-refractivity contribution in [1.82, 2.24) is 0 Å². The molecule has 1 saturated heterocycles. The number of rotatable bonds is 27. The number of aliphatic hydroxyl groups excluding tert-OH is 3. The van der Waals surface area contributed by atoms with Gasteiger partial charge in [0.05, 0.1) is 45.2 Å². The molecule has 240 valence electrons. The predicted molar refractivity (Wildman–Crippen MR) is 157 cm³/mol. The summed E-state index contributed by atoms with van der Waals surface area (Å²) in [6.45, 7) is 3.81. The number of ether oxygens (including phenoxy) is 4. The summed E-state index contributed by atoms with van der Waals surface area (Å²) in [5.41, 5.74) is -3.91. The molecule has 0 amide bonds. The van der Waals surface area contributed by atoms with Crippen LogP contribution in [0, 0.1) is 0 Å². The Morgan fingerprint density at radius 2 is 1.37 bits per heavy atom. The Morgan fingerprint density at radius 1 is 0.854 bits per heavy atom. The number of unbranched alkanes of at least 4 members (excludes halogenated alkanes) is 14. The molecule has 0 aromatic heterocycles. The summed E-state index contributed by atoms with van der Waals surface area (Å²) in [5, 5.41) is 41.4. The van der Waals surface area contributed by atoms with Crippen LogP contribution in [0.25, 0.3) is 0 Å². The normalized spacial score (nSPS) is 22.5. The Labute approximate surface area is 247 Å². The summed E-state index contributed by atoms with van der Waals surface area (Å²) in [7, 11) is 0. The van der Waals surface area contributed by atoms with Gasteiger partial charge in [-0.2, -0.15) is 0 Å². The van der Waals surface area contributed by atoms with E-state index in [0.717, 1.165) is 25.7 Å². The first kappa shape index (κ1) is 35.8. The molecule has 1 fully saturated rings. The Balaban J connectivity index is 1.89. The highest BCUT2D eigenvalue weighted by Gasteiger charge is 2.65. The molecule has 4 N–H and O–H groups in total. The minimum Gasteiger partial charge on any atom is -0.490 e. The molecule has 0 spiro atoms. The fourth-order valence-corrected chi connectivity index (χ4v) is 5.57. The van der Waals surface area contributed by atoms with Crippen LogP contribution >= 0.6 is 0 Å². The van der Waals surface area contributed by atoms with Crippen LogP contribution in [0.15, 0.2) is 11.5 Å². The van der Waals surface area contributed by atoms with E-state index in [9.17, 15) is 25.2 Å². The van der Waals surface area contributed by atoms with Crippen LogP contribution in [0.3, 0.4) is 0 Å². The number of esters is 1. The number of carbonyl (C=O) groups is 1. The van der Waals surface area contributed by atoms with E-state index in [4.69, 9.17) is 18.9 Å². The quantitative estimate of drug-likeness (QED) is 0.0591. The van der Waals surface area contributed by atoms with Crippen molar-refractivity contribution in [3.63, 3.8) is 0 Å². The molecule has 0 aromatic carbocycles. The molecule has 0 bridgehead atoms. The van der Waals surface area contributed by atoms with Crippen LogP contribution in [0.1, 0.15) is 129 Å². The number of carbonyl (C=O) groups excluding carboxylic acids is 1. The van der Waals surface area contributed by atoms with Gasteiger partial charge < -0.3 is 39.4 Å². The lowest BCUT2D eigenvalue weighted by Crippen LogP contribution is -2.61. The minimum atomic E-state index is -2.11. The average molecular weight is 587 g/mol. The maximum absolute atomic E-state index is 13.1. The maximum atomic E-state index is 13.1. The summed E-state index contributed by atoms with van der Waals surface area (Å²) >= 11 is 0. The van der Waals surface area contributed by atoms with Crippen LogP contribution in [0.5, 0.6) is 0 Å². The van der Waals surface area contributed by atoms with Gasteiger partial charge >= 0.3 is 5.97 Å². The Hall–Kier alpha value is -1.39. The fraction of sp³-hybridized carbons (Fsp3) is 0.906. The number of hydrogen-bond donors (Lipinski definition) is 4. The van der Waals surface area contributed by atoms with Gasteiger partial charge in [0, 0.05) is 12.8 Å². The van der Waals surface area contributed by atoms with Crippen LogP contribution in [0.2, 0.25) is 0 Å². The summed E-state index contributed by atoms with van der Waals surface area (Å²) in [4.78, 5) is 13.1. The highest BCUT2D eigenvalue weighted by atomic mass is 16.6. The zero-order chi connectivity index (χ0) is 30.0. The SMILES string of the molecule is CCCCCCCCCCCCCCCCOC1=C(OCCCC)[C@@](CC2CO2)([C@@](O)(CO)CC(O)CO)OC1=O. The molecular weight excluding hydrogens is 528 g/mol. The van der Waals surface area contributed by atoms with E-state index >= 15 is 0 Å². The number of epoxide rings is 1. The maximum Gasteiger partial charge on any atom is 0.378 e. The lowest BCUT2D eigenvalue weighted by molar-refractivity contribution is -0.206. The molecule has 0 aliphatic carbocycles. The Kier molecular flexibility index (Phi) is 17.2. The lowest BCUT2D eigenvalue weighted by Gasteiger charge is -2.43. The van der Waals surface area contributed by atoms with Crippen LogP contribution in [-0.2, 0) is 23.7 Å². The van der Waals surface area contributed by atoms with Crippen molar-refractivity contribution >= 4 is 5.97 Å². The summed E-state index contributed by atoms with van der Waals surface area (Å²) in [6.07, 6.45) is 16.9. The average Bonchev–Trinajstić information content (AvgIpc) is 3.74. The van der Waals surface area contributed by atoms with E-state index in [-0.39, 0.29) is 30.6 Å². The third kappa shape index (κ3) is 11.7. The molecular formula is C32H58O9. The lowest BCUT2D eigenvalue weighted by atomic mass is 9.75. The fourth-order valence-electron chi connectivity index (χ4n) is 5.57. The third-order valence-corrected chi connectivity index (χ3v) is 8.23. The smallest absolute Gasteiger partial charge is 0.378 e. The van der Waals surface area contributed by atoms with Crippen molar-refractivity contribution in [2.75, 3.05) is 33.0 Å². The molecule has 2 aliphatic heterocycles. The van der Waals surface area contributed by atoms with Crippen molar-refractivity contribution in [2.24, 2.45) is 0 Å². The number of cyclic esters (lactones) is 1. The molecule has 2 unspecified atom stereocenters. The van der Waals surface area contributed by atoms with Crippen molar-refractivity contribution in [3.05, 3.63) is 11.5 Å². The molecule has 0 saturated carbocycles. The third-order valence-electron chi connectivity index (χ3n) is 8.23. The minimum absolute atomic E-state index is 0.0403. The zero-order valence-electron chi connectivity index (χ0n) is 25.7. The molecule has 2 heterocycles. The van der Waals surface area contributed by atoms with Gasteiger partial charge in [0.1, 0.15) is 5.60 Å². The Bertz CT molecular complexity index is 753. The van der Waals surface area contributed by atoms with E-state index in [0.29, 0.717) is 19.6 Å². The molecule has 41 heavy (non-hydrogen) atoms. The van der Waals surface area contributed by atoms with Crippen LogP contribution in [-0.4, -0.2) is 82.8 Å². The van der Waals surface area contributed by atoms with Crippen molar-refractivity contribution in [2.45, 2.75) is 153 Å². The zero-order valence-corrected chi connectivity index (χ0v) is 25.7. The monoisotopic (exact) mass is 586 g/mol. The van der Waals surface area contributed by atoms with Gasteiger partial charge in [-0.15, -0.1) is 0 Å². The van der Waals surface area contributed by atoms with Crippen molar-refractivity contribution in [3.8, 4) is 0 Å². The van der Waals surface area contributed by atoms with Gasteiger partial charge in [-0.05, 0) is 12.8 Å². The van der Waals surface area contributed by atoms with Gasteiger partial charge in [0.25, 0.3) is 0 Å². The molecule has 2 rings (SSSR count). The molecule has 4 atom stereocenters. The highest BCUT2D eigenvalue weighted by Crippen LogP contribution is 2.48. The second-order valence-corrected chi connectivity index (χ2v) is 11.9. The summed E-state index contributed by atoms with van der Waals surface area (Å²) in [6, 6.07) is 0. The van der Waals surface area contributed by atoms with Gasteiger partial charge in [0.15, 0.2) is 5.76 Å². The predicted octanol–water partition coefficient (Wildman–Crippen LogP) is 5.06. The van der Waals surface area contributed by atoms with E-state index in [1.54, 1.807) is 0 Å². The molecule has 9 nitrogen and oxygen atoms in total. The second-order valence-electron chi connectivity index (χ2n) is 11.9. The number of hydrogen-bond acceptors (Lipinski definition) is 9. The van der Waals surface area contributed by atoms with E-state index in [2.05, 4.69) is 6.92 Å². The first-order chi connectivity index (χ1) is 19.9. The van der Waals surface area contributed by atoms with Gasteiger partial charge in [0.2, 0.25) is 11.4 Å². The van der Waals surface area contributed by atoms with E-state index in [1.165, 1.54) is 70.6 Å². The van der Waals surface area contributed by atoms with E-state index in [1.807, 2.05) is 6.92 Å². The molecule has 9 heteroatoms. The standard InChI is InChI=1S/C32H58O9/c1-3-5-7-8-9-10-11-12-13-14-15-16-17-18-20-38-28-29(39-19-6-4-2)32(41-30(28)36,22-27-24-40-27)31(37,25-34)21-26(35)23-33/h26-27,33-35,37H,3-25H2,1-2H3/t26?,27?,31-,32-/m0/s1. The first-order valence-corrected chi connectivity index (χ1v) is 16.3. The van der Waals surface area contributed by atoms with Gasteiger partial charge in [-0.25, -0.2) is 4.79 Å². The molecule has 0 aromatic rings. The first-order valence-electron chi connectivity index (χ1n) is 16.3. The summed E-state index contributed by atoms with van der Waals surface area (Å²) < 4.78 is 23.1.